The Morgan fingerprint density at radius 2 is 1.83 bits per heavy atom. The molecule has 7 heteroatoms. The first-order chi connectivity index (χ1) is 14.6. The molecule has 1 aromatic rings. The van der Waals surface area contributed by atoms with E-state index in [9.17, 15) is 4.79 Å². The number of likely N-dealkylation sites (N-methyl/N-ethyl adjacent to an activating group) is 1. The van der Waals surface area contributed by atoms with Crippen molar-refractivity contribution in [2.75, 3.05) is 46.9 Å². The number of hydrogen-bond acceptors (Lipinski definition) is 4. The van der Waals surface area contributed by atoms with Crippen molar-refractivity contribution in [1.82, 2.24) is 20.4 Å². The molecular weight excluding hydrogens is 378 g/mol. The highest BCUT2D eigenvalue weighted by Crippen LogP contribution is 2.14. The maximum atomic E-state index is 11.9. The van der Waals surface area contributed by atoms with Gasteiger partial charge in [0.1, 0.15) is 0 Å². The van der Waals surface area contributed by atoms with Crippen molar-refractivity contribution in [2.24, 2.45) is 4.99 Å². The first-order valence-electron chi connectivity index (χ1n) is 11.2. The van der Waals surface area contributed by atoms with E-state index in [-0.39, 0.29) is 18.6 Å². The van der Waals surface area contributed by atoms with Crippen LogP contribution in [0.25, 0.3) is 0 Å². The summed E-state index contributed by atoms with van der Waals surface area (Å²) in [6.45, 7) is 5.78. The quantitative estimate of drug-likeness (QED) is 0.502. The lowest BCUT2D eigenvalue weighted by molar-refractivity contribution is -0.127. The number of aliphatic imine (C=N–C) groups is 1. The molecule has 2 aliphatic heterocycles. The standard InChI is InChI=1S/C23H37N5O2/c1-27(2)22(29)17-26-23(25-16-21-7-6-14-30-21)24-15-19-8-10-20(11-9-19)18-28-12-4-3-5-13-28/h8-11,21H,3-7,12-18H2,1-2H3,(H2,24,25,26). The van der Waals surface area contributed by atoms with E-state index in [2.05, 4.69) is 44.8 Å². The van der Waals surface area contributed by atoms with Crippen LogP contribution in [0.1, 0.15) is 43.2 Å². The van der Waals surface area contributed by atoms with Crippen molar-refractivity contribution in [3.8, 4) is 0 Å². The Labute approximate surface area is 180 Å². The van der Waals surface area contributed by atoms with Gasteiger partial charge in [-0.1, -0.05) is 30.7 Å². The van der Waals surface area contributed by atoms with Crippen LogP contribution in [0.5, 0.6) is 0 Å². The largest absolute Gasteiger partial charge is 0.376 e. The number of carbonyl (C=O) groups is 1. The summed E-state index contributed by atoms with van der Waals surface area (Å²) in [4.78, 5) is 20.7. The van der Waals surface area contributed by atoms with Gasteiger partial charge in [-0.2, -0.15) is 0 Å². The number of amides is 1. The van der Waals surface area contributed by atoms with Crippen molar-refractivity contribution in [3.05, 3.63) is 35.4 Å². The van der Waals surface area contributed by atoms with Crippen molar-refractivity contribution in [2.45, 2.75) is 51.3 Å². The summed E-state index contributed by atoms with van der Waals surface area (Å²) in [6, 6.07) is 8.74. The Morgan fingerprint density at radius 3 is 2.50 bits per heavy atom. The minimum Gasteiger partial charge on any atom is -0.376 e. The molecule has 1 unspecified atom stereocenters. The third kappa shape index (κ3) is 7.61. The molecule has 2 saturated heterocycles. The molecule has 1 atom stereocenters. The molecule has 0 saturated carbocycles. The van der Waals surface area contributed by atoms with Gasteiger partial charge in [0.05, 0.1) is 19.2 Å². The summed E-state index contributed by atoms with van der Waals surface area (Å²) in [7, 11) is 3.51. The molecule has 0 radical (unpaired) electrons. The number of guanidine groups is 1. The molecule has 2 heterocycles. The van der Waals surface area contributed by atoms with Gasteiger partial charge in [-0.25, -0.2) is 4.99 Å². The predicted octanol–water partition coefficient (Wildman–Crippen LogP) is 1.97. The second-order valence-corrected chi connectivity index (χ2v) is 8.48. The van der Waals surface area contributed by atoms with Gasteiger partial charge >= 0.3 is 0 Å². The molecular formula is C23H37N5O2. The Bertz CT molecular complexity index is 677. The molecule has 2 aliphatic rings. The van der Waals surface area contributed by atoms with Crippen molar-refractivity contribution in [3.63, 3.8) is 0 Å². The van der Waals surface area contributed by atoms with Crippen LogP contribution < -0.4 is 10.6 Å². The SMILES string of the molecule is CN(C)C(=O)CNC(=NCc1ccc(CN2CCCCC2)cc1)NCC1CCCO1. The van der Waals surface area contributed by atoms with Gasteiger partial charge < -0.3 is 20.3 Å². The third-order valence-electron chi connectivity index (χ3n) is 5.72. The second kappa shape index (κ2) is 11.9. The fourth-order valence-electron chi connectivity index (χ4n) is 3.80. The smallest absolute Gasteiger partial charge is 0.241 e. The van der Waals surface area contributed by atoms with Crippen molar-refractivity contribution in [1.29, 1.82) is 0 Å². The van der Waals surface area contributed by atoms with Gasteiger partial charge in [0, 0.05) is 33.8 Å². The number of piperidine rings is 1. The molecule has 2 fully saturated rings. The van der Waals surface area contributed by atoms with E-state index < -0.39 is 0 Å². The van der Waals surface area contributed by atoms with Gasteiger partial charge in [-0.15, -0.1) is 0 Å². The van der Waals surface area contributed by atoms with Gasteiger partial charge in [0.2, 0.25) is 5.91 Å². The van der Waals surface area contributed by atoms with Crippen LogP contribution in [0.15, 0.2) is 29.3 Å². The van der Waals surface area contributed by atoms with Crippen LogP contribution in [-0.2, 0) is 22.6 Å². The molecule has 166 valence electrons. The van der Waals surface area contributed by atoms with Gasteiger partial charge in [-0.05, 0) is 49.9 Å². The molecule has 1 amide bonds. The monoisotopic (exact) mass is 415 g/mol. The maximum Gasteiger partial charge on any atom is 0.241 e. The number of hydrogen-bond donors (Lipinski definition) is 2. The molecule has 1 aromatic carbocycles. The fourth-order valence-corrected chi connectivity index (χ4v) is 3.80. The first kappa shape index (κ1) is 22.6. The van der Waals surface area contributed by atoms with Crippen LogP contribution in [0.3, 0.4) is 0 Å². The highest BCUT2D eigenvalue weighted by molar-refractivity contribution is 5.86. The van der Waals surface area contributed by atoms with E-state index in [1.807, 2.05) is 0 Å². The zero-order valence-corrected chi connectivity index (χ0v) is 18.5. The summed E-state index contributed by atoms with van der Waals surface area (Å²) in [5, 5.41) is 6.47. The van der Waals surface area contributed by atoms with E-state index in [1.165, 1.54) is 37.9 Å². The normalized spacial score (nSPS) is 20.2. The van der Waals surface area contributed by atoms with E-state index >= 15 is 0 Å². The minimum absolute atomic E-state index is 0.0173. The van der Waals surface area contributed by atoms with Gasteiger partial charge in [0.15, 0.2) is 5.96 Å². The van der Waals surface area contributed by atoms with Crippen LogP contribution in [0.2, 0.25) is 0 Å². The molecule has 30 heavy (non-hydrogen) atoms. The van der Waals surface area contributed by atoms with Crippen molar-refractivity contribution < 1.29 is 9.53 Å². The molecule has 0 bridgehead atoms. The Balaban J connectivity index is 1.53. The highest BCUT2D eigenvalue weighted by Gasteiger charge is 2.16. The van der Waals surface area contributed by atoms with Crippen LogP contribution in [0, 0.1) is 0 Å². The highest BCUT2D eigenvalue weighted by atomic mass is 16.5. The first-order valence-corrected chi connectivity index (χ1v) is 11.2. The molecule has 3 rings (SSSR count). The average Bonchev–Trinajstić information content (AvgIpc) is 3.28. The van der Waals surface area contributed by atoms with Crippen LogP contribution >= 0.6 is 0 Å². The number of nitrogens with zero attached hydrogens (tertiary/aromatic N) is 3. The molecule has 0 aliphatic carbocycles. The summed E-state index contributed by atoms with van der Waals surface area (Å²) in [6.07, 6.45) is 6.39. The predicted molar refractivity (Wildman–Crippen MR) is 120 cm³/mol. The van der Waals surface area contributed by atoms with E-state index in [1.54, 1.807) is 19.0 Å². The van der Waals surface area contributed by atoms with Crippen molar-refractivity contribution >= 4 is 11.9 Å². The summed E-state index contributed by atoms with van der Waals surface area (Å²) in [5.41, 5.74) is 2.52. The lowest BCUT2D eigenvalue weighted by Gasteiger charge is -2.26. The average molecular weight is 416 g/mol. The minimum atomic E-state index is 0.0173. The number of ether oxygens (including phenoxy) is 1. The number of nitrogens with one attached hydrogen (secondary N) is 2. The molecule has 0 aromatic heterocycles. The summed E-state index contributed by atoms with van der Waals surface area (Å²) >= 11 is 0. The van der Waals surface area contributed by atoms with Crippen LogP contribution in [-0.4, -0.2) is 74.7 Å². The van der Waals surface area contributed by atoms with Gasteiger partial charge in [-0.3, -0.25) is 9.69 Å². The van der Waals surface area contributed by atoms with E-state index in [0.717, 1.165) is 31.6 Å². The lowest BCUT2D eigenvalue weighted by atomic mass is 10.1. The summed E-state index contributed by atoms with van der Waals surface area (Å²) in [5.74, 6) is 0.668. The number of likely N-dealkylation sites (tertiary alicyclic amines) is 1. The van der Waals surface area contributed by atoms with Gasteiger partial charge in [0.25, 0.3) is 0 Å². The number of benzene rings is 1. The maximum absolute atomic E-state index is 11.9. The zero-order valence-electron chi connectivity index (χ0n) is 18.5. The number of carbonyl (C=O) groups excluding carboxylic acids is 1. The van der Waals surface area contributed by atoms with E-state index in [4.69, 9.17) is 4.74 Å². The Kier molecular flexibility index (Phi) is 8.96. The zero-order chi connectivity index (χ0) is 21.2. The third-order valence-corrected chi connectivity index (χ3v) is 5.72. The van der Waals surface area contributed by atoms with E-state index in [0.29, 0.717) is 19.0 Å². The lowest BCUT2D eigenvalue weighted by Crippen LogP contribution is -2.45. The Morgan fingerprint density at radius 1 is 1.10 bits per heavy atom. The topological polar surface area (TPSA) is 69.2 Å². The number of rotatable bonds is 8. The molecule has 2 N–H and O–H groups in total. The van der Waals surface area contributed by atoms with Crippen LogP contribution in [0.4, 0.5) is 0 Å². The Hall–Kier alpha value is -2.12. The second-order valence-electron chi connectivity index (χ2n) is 8.48. The summed E-state index contributed by atoms with van der Waals surface area (Å²) < 4.78 is 5.68. The fraction of sp³-hybridized carbons (Fsp3) is 0.652. The molecule has 0 spiro atoms. The molecule has 7 nitrogen and oxygen atoms in total.